The molecule has 0 fully saturated rings. The molecular weight excluding hydrogens is 330 g/mol. The van der Waals surface area contributed by atoms with Gasteiger partial charge in [0.15, 0.2) is 4.34 Å². The van der Waals surface area contributed by atoms with Crippen LogP contribution in [0.4, 0.5) is 0 Å². The molecule has 0 aliphatic rings. The van der Waals surface area contributed by atoms with Crippen LogP contribution in [0.25, 0.3) is 0 Å². The quantitative estimate of drug-likeness (QED) is 0.774. The number of rotatable bonds is 7. The molecule has 0 saturated carbocycles. The Morgan fingerprint density at radius 3 is 2.52 bits per heavy atom. The van der Waals surface area contributed by atoms with Crippen LogP contribution in [0.1, 0.15) is 30.5 Å². The van der Waals surface area contributed by atoms with Crippen LogP contribution in [0.15, 0.2) is 28.6 Å². The van der Waals surface area contributed by atoms with Gasteiger partial charge >= 0.3 is 0 Å². The number of carbonyl (C=O) groups is 1. The molecule has 1 aromatic carbocycles. The third-order valence-electron chi connectivity index (χ3n) is 3.29. The predicted octanol–water partition coefficient (Wildman–Crippen LogP) is 3.46. The molecule has 0 aliphatic heterocycles. The van der Waals surface area contributed by atoms with Gasteiger partial charge in [0.2, 0.25) is 5.91 Å². The lowest BCUT2D eigenvalue weighted by Gasteiger charge is -2.23. The number of hydrogen-bond acceptors (Lipinski definition) is 6. The second-order valence-electron chi connectivity index (χ2n) is 5.44. The van der Waals surface area contributed by atoms with Gasteiger partial charge in [-0.1, -0.05) is 49.1 Å². The molecule has 23 heavy (non-hydrogen) atoms. The molecule has 0 aliphatic carbocycles. The highest BCUT2D eigenvalue weighted by molar-refractivity contribution is 8.01. The molecule has 0 saturated heterocycles. The smallest absolute Gasteiger partial charge is 0.230 e. The zero-order chi connectivity index (χ0) is 16.8. The molecule has 124 valence electrons. The molecule has 2 rings (SSSR count). The van der Waals surface area contributed by atoms with Crippen LogP contribution >= 0.6 is 23.1 Å². The van der Waals surface area contributed by atoms with Crippen molar-refractivity contribution < 1.29 is 9.53 Å². The van der Waals surface area contributed by atoms with Crippen LogP contribution in [0.5, 0.6) is 5.75 Å². The number of aromatic nitrogens is 2. The molecule has 1 unspecified atom stereocenters. The number of hydrogen-bond donors (Lipinski definition) is 1. The van der Waals surface area contributed by atoms with Crippen molar-refractivity contribution >= 4 is 29.0 Å². The summed E-state index contributed by atoms with van der Waals surface area (Å²) in [7, 11) is 1.64. The highest BCUT2D eigenvalue weighted by Gasteiger charge is 2.18. The molecule has 1 aromatic heterocycles. The van der Waals surface area contributed by atoms with E-state index in [4.69, 9.17) is 4.74 Å². The van der Waals surface area contributed by atoms with Crippen LogP contribution in [0, 0.1) is 12.8 Å². The van der Waals surface area contributed by atoms with Gasteiger partial charge in [-0.25, -0.2) is 0 Å². The van der Waals surface area contributed by atoms with Crippen LogP contribution in [-0.2, 0) is 4.79 Å². The van der Waals surface area contributed by atoms with Gasteiger partial charge < -0.3 is 10.1 Å². The van der Waals surface area contributed by atoms with E-state index in [1.54, 1.807) is 7.11 Å². The number of nitrogens with one attached hydrogen (secondary N) is 1. The number of thioether (sulfide) groups is 1. The number of ether oxygens (including phenoxy) is 1. The lowest BCUT2D eigenvalue weighted by molar-refractivity contribution is -0.119. The Morgan fingerprint density at radius 2 is 2.00 bits per heavy atom. The van der Waals surface area contributed by atoms with Crippen LogP contribution in [0.2, 0.25) is 0 Å². The molecule has 1 atom stereocenters. The number of aryl methyl sites for hydroxylation is 1. The first-order valence-corrected chi connectivity index (χ1v) is 9.16. The maximum atomic E-state index is 12.2. The summed E-state index contributed by atoms with van der Waals surface area (Å²) in [5.74, 6) is 1.44. The van der Waals surface area contributed by atoms with E-state index >= 15 is 0 Å². The Kier molecular flexibility index (Phi) is 6.41. The van der Waals surface area contributed by atoms with Crippen molar-refractivity contribution in [1.82, 2.24) is 15.5 Å². The Bertz CT molecular complexity index is 641. The zero-order valence-corrected chi connectivity index (χ0v) is 15.3. The Balaban J connectivity index is 1.96. The molecule has 2 aromatic rings. The van der Waals surface area contributed by atoms with Gasteiger partial charge in [-0.15, -0.1) is 10.2 Å². The first kappa shape index (κ1) is 17.7. The minimum Gasteiger partial charge on any atom is -0.497 e. The molecule has 1 heterocycles. The first-order valence-electron chi connectivity index (χ1n) is 7.36. The van der Waals surface area contributed by atoms with Gasteiger partial charge in [-0.2, -0.15) is 0 Å². The second kappa shape index (κ2) is 8.31. The third-order valence-corrected chi connectivity index (χ3v) is 5.26. The lowest BCUT2D eigenvalue weighted by atomic mass is 9.96. The first-order chi connectivity index (χ1) is 11.0. The molecule has 0 radical (unpaired) electrons. The van der Waals surface area contributed by atoms with Gasteiger partial charge in [0.25, 0.3) is 0 Å². The monoisotopic (exact) mass is 351 g/mol. The fourth-order valence-electron chi connectivity index (χ4n) is 2.13. The second-order valence-corrected chi connectivity index (χ2v) is 7.84. The maximum Gasteiger partial charge on any atom is 0.230 e. The summed E-state index contributed by atoms with van der Waals surface area (Å²) in [6.45, 7) is 6.09. The molecule has 0 bridgehead atoms. The van der Waals surface area contributed by atoms with Gasteiger partial charge in [-0.05, 0) is 30.5 Å². The highest BCUT2D eigenvalue weighted by Crippen LogP contribution is 2.25. The normalized spacial score (nSPS) is 12.2. The maximum absolute atomic E-state index is 12.2. The summed E-state index contributed by atoms with van der Waals surface area (Å²) < 4.78 is 6.00. The summed E-state index contributed by atoms with van der Waals surface area (Å²) in [4.78, 5) is 12.2. The van der Waals surface area contributed by atoms with Crippen molar-refractivity contribution in [3.05, 3.63) is 34.8 Å². The highest BCUT2D eigenvalue weighted by atomic mass is 32.2. The fourth-order valence-corrected chi connectivity index (χ4v) is 3.75. The van der Waals surface area contributed by atoms with E-state index in [1.807, 2.05) is 31.2 Å². The van der Waals surface area contributed by atoms with Crippen LogP contribution in [-0.4, -0.2) is 29.0 Å². The summed E-state index contributed by atoms with van der Waals surface area (Å²) in [6.07, 6.45) is 0. The topological polar surface area (TPSA) is 64.1 Å². The van der Waals surface area contributed by atoms with Crippen molar-refractivity contribution in [2.45, 2.75) is 31.2 Å². The van der Waals surface area contributed by atoms with Crippen molar-refractivity contribution in [3.8, 4) is 5.75 Å². The van der Waals surface area contributed by atoms with Crippen LogP contribution in [0.3, 0.4) is 0 Å². The van der Waals surface area contributed by atoms with E-state index < -0.39 is 0 Å². The molecular formula is C16H21N3O2S2. The van der Waals surface area contributed by atoms with E-state index in [0.717, 1.165) is 20.7 Å². The Morgan fingerprint density at radius 1 is 1.30 bits per heavy atom. The zero-order valence-electron chi connectivity index (χ0n) is 13.7. The SMILES string of the molecule is COc1ccc(C(NC(=O)CSc2nnc(C)s2)C(C)C)cc1. The van der Waals surface area contributed by atoms with Gasteiger partial charge in [0.05, 0.1) is 18.9 Å². The molecule has 5 nitrogen and oxygen atoms in total. The van der Waals surface area contributed by atoms with Crippen molar-refractivity contribution in [3.63, 3.8) is 0 Å². The molecule has 1 amide bonds. The fraction of sp³-hybridized carbons (Fsp3) is 0.438. The summed E-state index contributed by atoms with van der Waals surface area (Å²) in [5.41, 5.74) is 1.07. The number of benzene rings is 1. The van der Waals surface area contributed by atoms with Gasteiger partial charge in [0, 0.05) is 0 Å². The number of amides is 1. The number of carbonyl (C=O) groups excluding carboxylic acids is 1. The van der Waals surface area contributed by atoms with Gasteiger partial charge in [0.1, 0.15) is 10.8 Å². The molecule has 7 heteroatoms. The summed E-state index contributed by atoms with van der Waals surface area (Å²) in [6, 6.07) is 7.78. The van der Waals surface area contributed by atoms with Crippen molar-refractivity contribution in [1.29, 1.82) is 0 Å². The van der Waals surface area contributed by atoms with Crippen LogP contribution < -0.4 is 10.1 Å². The predicted molar refractivity (Wildman–Crippen MR) is 94.1 cm³/mol. The average molecular weight is 351 g/mol. The number of methoxy groups -OCH3 is 1. The Hall–Kier alpha value is -1.60. The van der Waals surface area contributed by atoms with Crippen molar-refractivity contribution in [2.75, 3.05) is 12.9 Å². The van der Waals surface area contributed by atoms with E-state index in [9.17, 15) is 4.79 Å². The Labute approximate surface area is 144 Å². The summed E-state index contributed by atoms with van der Waals surface area (Å²) >= 11 is 2.92. The molecule has 0 spiro atoms. The third kappa shape index (κ3) is 5.21. The standard InChI is InChI=1S/C16H21N3O2S2/c1-10(2)15(12-5-7-13(21-4)8-6-12)17-14(20)9-22-16-19-18-11(3)23-16/h5-8,10,15H,9H2,1-4H3,(H,17,20). The largest absolute Gasteiger partial charge is 0.497 e. The van der Waals surface area contributed by atoms with Crippen molar-refractivity contribution in [2.24, 2.45) is 5.92 Å². The number of nitrogens with zero attached hydrogens (tertiary/aromatic N) is 2. The minimum atomic E-state index is -0.0230. The minimum absolute atomic E-state index is 0.00243. The average Bonchev–Trinajstić information content (AvgIpc) is 2.96. The van der Waals surface area contributed by atoms with E-state index in [-0.39, 0.29) is 11.9 Å². The van der Waals surface area contributed by atoms with E-state index in [2.05, 4.69) is 29.4 Å². The summed E-state index contributed by atoms with van der Waals surface area (Å²) in [5, 5.41) is 12.0. The lowest BCUT2D eigenvalue weighted by Crippen LogP contribution is -2.32. The van der Waals surface area contributed by atoms with Gasteiger partial charge in [-0.3, -0.25) is 4.79 Å². The van der Waals surface area contributed by atoms with E-state index in [1.165, 1.54) is 23.1 Å². The van der Waals surface area contributed by atoms with E-state index in [0.29, 0.717) is 11.7 Å². The molecule has 1 N–H and O–H groups in total.